The van der Waals surface area contributed by atoms with Crippen LogP contribution in [0.25, 0.3) is 10.6 Å². The molecule has 1 amide bonds. The summed E-state index contributed by atoms with van der Waals surface area (Å²) in [6.07, 6.45) is 2.72. The summed E-state index contributed by atoms with van der Waals surface area (Å²) in [7, 11) is 1.68. The molecule has 0 saturated carbocycles. The van der Waals surface area contributed by atoms with Crippen LogP contribution < -0.4 is 10.1 Å². The quantitative estimate of drug-likeness (QED) is 0.561. The lowest BCUT2D eigenvalue weighted by molar-refractivity contribution is -0.120. The highest BCUT2D eigenvalue weighted by Crippen LogP contribution is 2.27. The lowest BCUT2D eigenvalue weighted by Gasteiger charge is -2.28. The van der Waals surface area contributed by atoms with Gasteiger partial charge in [0.15, 0.2) is 0 Å². The Hall–Kier alpha value is -2.70. The molecule has 0 bridgehead atoms. The SMILES string of the molecule is COc1ccc([C@H](CNC(=O)Cc2csc(-c3ccc(C)cc3)n2)N2CCCC2)cc1. The van der Waals surface area contributed by atoms with Gasteiger partial charge < -0.3 is 10.1 Å². The molecule has 1 saturated heterocycles. The number of methoxy groups -OCH3 is 1. The van der Waals surface area contributed by atoms with Gasteiger partial charge in [-0.2, -0.15) is 0 Å². The minimum absolute atomic E-state index is 0.0125. The van der Waals surface area contributed by atoms with E-state index in [2.05, 4.69) is 58.5 Å². The van der Waals surface area contributed by atoms with Crippen molar-refractivity contribution < 1.29 is 9.53 Å². The molecule has 1 atom stereocenters. The van der Waals surface area contributed by atoms with Gasteiger partial charge in [0.05, 0.1) is 25.3 Å². The van der Waals surface area contributed by atoms with Crippen molar-refractivity contribution in [2.45, 2.75) is 32.2 Å². The van der Waals surface area contributed by atoms with Crippen molar-refractivity contribution in [3.63, 3.8) is 0 Å². The van der Waals surface area contributed by atoms with Crippen LogP contribution in [0, 0.1) is 6.92 Å². The number of hydrogen-bond donors (Lipinski definition) is 1. The third-order valence-electron chi connectivity index (χ3n) is 5.77. The van der Waals surface area contributed by atoms with E-state index in [1.165, 1.54) is 24.0 Å². The molecule has 0 spiro atoms. The van der Waals surface area contributed by atoms with E-state index in [1.807, 2.05) is 17.5 Å². The number of aryl methyl sites for hydroxylation is 1. The third-order valence-corrected chi connectivity index (χ3v) is 6.71. The summed E-state index contributed by atoms with van der Waals surface area (Å²) in [5, 5.41) is 6.08. The molecule has 3 aromatic rings. The van der Waals surface area contributed by atoms with E-state index >= 15 is 0 Å². The molecule has 4 rings (SSSR count). The number of amides is 1. The number of hydrogen-bond acceptors (Lipinski definition) is 5. The number of likely N-dealkylation sites (tertiary alicyclic amines) is 1. The molecule has 6 heteroatoms. The molecule has 1 aromatic heterocycles. The van der Waals surface area contributed by atoms with Crippen molar-refractivity contribution in [3.8, 4) is 16.3 Å². The lowest BCUT2D eigenvalue weighted by atomic mass is 10.1. The first kappa shape index (κ1) is 21.5. The monoisotopic (exact) mass is 435 g/mol. The second-order valence-corrected chi connectivity index (χ2v) is 8.88. The zero-order valence-electron chi connectivity index (χ0n) is 18.1. The number of nitrogens with one attached hydrogen (secondary N) is 1. The maximum atomic E-state index is 12.7. The predicted molar refractivity (Wildman–Crippen MR) is 126 cm³/mol. The van der Waals surface area contributed by atoms with Crippen LogP contribution in [-0.2, 0) is 11.2 Å². The van der Waals surface area contributed by atoms with Crippen LogP contribution in [0.15, 0.2) is 53.9 Å². The van der Waals surface area contributed by atoms with E-state index in [1.54, 1.807) is 18.4 Å². The van der Waals surface area contributed by atoms with E-state index in [4.69, 9.17) is 4.74 Å². The average Bonchev–Trinajstić information content (AvgIpc) is 3.48. The summed E-state index contributed by atoms with van der Waals surface area (Å²) in [5.41, 5.74) is 4.35. The Labute approximate surface area is 188 Å². The molecule has 0 unspecified atom stereocenters. The molecule has 1 N–H and O–H groups in total. The molecular formula is C25H29N3O2S. The van der Waals surface area contributed by atoms with Crippen molar-refractivity contribution in [1.29, 1.82) is 0 Å². The maximum Gasteiger partial charge on any atom is 0.226 e. The Bertz CT molecular complexity index is 992. The molecular weight excluding hydrogens is 406 g/mol. The highest BCUT2D eigenvalue weighted by molar-refractivity contribution is 7.13. The van der Waals surface area contributed by atoms with E-state index in [0.717, 1.165) is 35.1 Å². The standard InChI is InChI=1S/C25H29N3O2S/c1-18-5-7-20(8-6-18)25-27-21(17-31-25)15-24(29)26-16-23(28-13-3-4-14-28)19-9-11-22(30-2)12-10-19/h5-12,17,23H,3-4,13-16H2,1-2H3,(H,26,29)/t23-/m0/s1. The van der Waals surface area contributed by atoms with Crippen LogP contribution in [-0.4, -0.2) is 42.5 Å². The largest absolute Gasteiger partial charge is 0.497 e. The fraction of sp³-hybridized carbons (Fsp3) is 0.360. The van der Waals surface area contributed by atoms with Crippen LogP contribution in [0.5, 0.6) is 5.75 Å². The number of aromatic nitrogens is 1. The predicted octanol–water partition coefficient (Wildman–Crippen LogP) is 4.62. The Balaban J connectivity index is 1.38. The Morgan fingerprint density at radius 2 is 1.84 bits per heavy atom. The van der Waals surface area contributed by atoms with Gasteiger partial charge in [0.2, 0.25) is 5.91 Å². The van der Waals surface area contributed by atoms with E-state index < -0.39 is 0 Å². The molecule has 0 aliphatic carbocycles. The number of rotatable bonds is 8. The first-order chi connectivity index (χ1) is 15.1. The smallest absolute Gasteiger partial charge is 0.226 e. The zero-order chi connectivity index (χ0) is 21.6. The van der Waals surface area contributed by atoms with Gasteiger partial charge in [-0.3, -0.25) is 9.69 Å². The first-order valence-electron chi connectivity index (χ1n) is 10.8. The lowest BCUT2D eigenvalue weighted by Crippen LogP contribution is -2.37. The molecule has 162 valence electrons. The first-order valence-corrected chi connectivity index (χ1v) is 11.7. The molecule has 2 aromatic carbocycles. The van der Waals surface area contributed by atoms with Crippen LogP contribution in [0.1, 0.15) is 35.7 Å². The average molecular weight is 436 g/mol. The van der Waals surface area contributed by atoms with Crippen molar-refractivity contribution in [2.75, 3.05) is 26.7 Å². The summed E-state index contributed by atoms with van der Waals surface area (Å²) in [5.74, 6) is 0.860. The Morgan fingerprint density at radius 1 is 1.13 bits per heavy atom. The van der Waals surface area contributed by atoms with Gasteiger partial charge in [0, 0.05) is 17.5 Å². The highest BCUT2D eigenvalue weighted by atomic mass is 32.1. The Kier molecular flexibility index (Phi) is 6.99. The molecule has 1 fully saturated rings. The molecule has 5 nitrogen and oxygen atoms in total. The second kappa shape index (κ2) is 10.1. The van der Waals surface area contributed by atoms with Gasteiger partial charge in [0.1, 0.15) is 10.8 Å². The summed E-state index contributed by atoms with van der Waals surface area (Å²) < 4.78 is 5.29. The topological polar surface area (TPSA) is 54.5 Å². The van der Waals surface area contributed by atoms with Crippen LogP contribution in [0.2, 0.25) is 0 Å². The normalized spacial score (nSPS) is 15.0. The minimum Gasteiger partial charge on any atom is -0.497 e. The number of ether oxygens (including phenoxy) is 1. The molecule has 0 radical (unpaired) electrons. The fourth-order valence-corrected chi connectivity index (χ4v) is 4.82. The van der Waals surface area contributed by atoms with Gasteiger partial charge >= 0.3 is 0 Å². The van der Waals surface area contributed by atoms with E-state index in [0.29, 0.717) is 13.0 Å². The summed E-state index contributed by atoms with van der Waals surface area (Å²) in [6, 6.07) is 16.7. The maximum absolute atomic E-state index is 12.7. The number of nitrogens with zero attached hydrogens (tertiary/aromatic N) is 2. The fourth-order valence-electron chi connectivity index (χ4n) is 3.99. The van der Waals surface area contributed by atoms with Crippen LogP contribution in [0.4, 0.5) is 0 Å². The molecule has 2 heterocycles. The summed E-state index contributed by atoms with van der Waals surface area (Å²) in [6.45, 7) is 4.81. The number of thiazole rings is 1. The number of carbonyl (C=O) groups is 1. The zero-order valence-corrected chi connectivity index (χ0v) is 19.0. The van der Waals surface area contributed by atoms with E-state index in [-0.39, 0.29) is 11.9 Å². The van der Waals surface area contributed by atoms with Gasteiger partial charge in [-0.15, -0.1) is 11.3 Å². The third kappa shape index (κ3) is 5.51. The second-order valence-electron chi connectivity index (χ2n) is 8.02. The Morgan fingerprint density at radius 3 is 2.52 bits per heavy atom. The van der Waals surface area contributed by atoms with Gasteiger partial charge in [0.25, 0.3) is 0 Å². The molecule has 1 aliphatic heterocycles. The minimum atomic E-state index is 0.0125. The van der Waals surface area contributed by atoms with Crippen molar-refractivity contribution in [2.24, 2.45) is 0 Å². The summed E-state index contributed by atoms with van der Waals surface area (Å²) >= 11 is 1.58. The number of carbonyl (C=O) groups excluding carboxylic acids is 1. The summed E-state index contributed by atoms with van der Waals surface area (Å²) in [4.78, 5) is 19.8. The van der Waals surface area contributed by atoms with Gasteiger partial charge in [-0.1, -0.05) is 42.0 Å². The van der Waals surface area contributed by atoms with Crippen molar-refractivity contribution in [3.05, 3.63) is 70.7 Å². The van der Waals surface area contributed by atoms with Crippen LogP contribution in [0.3, 0.4) is 0 Å². The van der Waals surface area contributed by atoms with E-state index in [9.17, 15) is 4.79 Å². The molecule has 31 heavy (non-hydrogen) atoms. The van der Waals surface area contributed by atoms with Crippen molar-refractivity contribution in [1.82, 2.24) is 15.2 Å². The molecule has 1 aliphatic rings. The number of benzene rings is 2. The van der Waals surface area contributed by atoms with Crippen LogP contribution >= 0.6 is 11.3 Å². The van der Waals surface area contributed by atoms with Crippen molar-refractivity contribution >= 4 is 17.2 Å². The van der Waals surface area contributed by atoms with Gasteiger partial charge in [-0.05, 0) is 50.6 Å². The highest BCUT2D eigenvalue weighted by Gasteiger charge is 2.24. The van der Waals surface area contributed by atoms with Gasteiger partial charge in [-0.25, -0.2) is 4.98 Å².